The summed E-state index contributed by atoms with van der Waals surface area (Å²) in [5.74, 6) is 0.696. The molecule has 0 aliphatic heterocycles. The summed E-state index contributed by atoms with van der Waals surface area (Å²) in [4.78, 5) is 22.0. The van der Waals surface area contributed by atoms with Gasteiger partial charge in [0, 0.05) is 13.0 Å². The van der Waals surface area contributed by atoms with Crippen molar-refractivity contribution in [2.24, 2.45) is 0 Å². The van der Waals surface area contributed by atoms with Crippen molar-refractivity contribution in [2.45, 2.75) is 19.3 Å². The number of amides is 1. The Balaban J connectivity index is 2.28. The Morgan fingerprint density at radius 2 is 1.94 bits per heavy atom. The molecule has 0 fully saturated rings. The van der Waals surface area contributed by atoms with E-state index in [1.165, 1.54) is 0 Å². The number of halogens is 1. The van der Waals surface area contributed by atoms with Crippen molar-refractivity contribution in [1.29, 1.82) is 0 Å². The lowest BCUT2D eigenvalue weighted by Gasteiger charge is -2.05. The normalized spacial score (nSPS) is 9.89. The van der Waals surface area contributed by atoms with Crippen LogP contribution in [0.1, 0.15) is 18.4 Å². The molecule has 0 aromatic heterocycles. The van der Waals surface area contributed by atoms with Gasteiger partial charge in [-0.1, -0.05) is 12.1 Å². The van der Waals surface area contributed by atoms with E-state index < -0.39 is 0 Å². The van der Waals surface area contributed by atoms with Crippen LogP contribution in [0.3, 0.4) is 0 Å². The molecule has 1 aromatic rings. The Bertz CT molecular complexity index is 403. The molecule has 1 amide bonds. The first-order valence-corrected chi connectivity index (χ1v) is 6.07. The largest absolute Gasteiger partial charge is 0.497 e. The Kier molecular flexibility index (Phi) is 6.22. The average Bonchev–Trinajstić information content (AvgIpc) is 2.35. The molecule has 1 rings (SSSR count). The van der Waals surface area contributed by atoms with Crippen molar-refractivity contribution < 1.29 is 14.3 Å². The Hall–Kier alpha value is -1.55. The molecule has 0 unspecified atom stereocenters. The fourth-order valence-electron chi connectivity index (χ4n) is 1.45. The van der Waals surface area contributed by atoms with Crippen LogP contribution in [0.25, 0.3) is 0 Å². The SMILES string of the molecule is COc1ccc(CC(=O)NCCCC(=O)Cl)cc1. The third-order valence-electron chi connectivity index (χ3n) is 2.40. The van der Waals surface area contributed by atoms with Crippen LogP contribution in [-0.4, -0.2) is 24.8 Å². The van der Waals surface area contributed by atoms with Gasteiger partial charge in [-0.25, -0.2) is 0 Å². The van der Waals surface area contributed by atoms with E-state index in [1.54, 1.807) is 7.11 Å². The molecule has 98 valence electrons. The maximum atomic E-state index is 11.6. The number of carbonyl (C=O) groups is 2. The van der Waals surface area contributed by atoms with E-state index in [0.29, 0.717) is 19.4 Å². The standard InChI is InChI=1S/C13H16ClNO3/c1-18-11-6-4-10(5-7-11)9-13(17)15-8-2-3-12(14)16/h4-7H,2-3,8-9H2,1H3,(H,15,17). The van der Waals surface area contributed by atoms with Gasteiger partial charge >= 0.3 is 0 Å². The monoisotopic (exact) mass is 269 g/mol. The molecule has 0 atom stereocenters. The van der Waals surface area contributed by atoms with Crippen LogP contribution in [0.2, 0.25) is 0 Å². The number of benzene rings is 1. The molecule has 0 aliphatic carbocycles. The topological polar surface area (TPSA) is 55.4 Å². The highest BCUT2D eigenvalue weighted by molar-refractivity contribution is 6.63. The third-order valence-corrected chi connectivity index (χ3v) is 2.58. The zero-order valence-corrected chi connectivity index (χ0v) is 11.0. The summed E-state index contributed by atoms with van der Waals surface area (Å²) >= 11 is 5.19. The summed E-state index contributed by atoms with van der Waals surface area (Å²) in [6.45, 7) is 0.466. The molecule has 0 spiro atoms. The van der Waals surface area contributed by atoms with E-state index in [-0.39, 0.29) is 17.6 Å². The molecule has 0 saturated heterocycles. The second-order valence-corrected chi connectivity index (χ2v) is 4.26. The van der Waals surface area contributed by atoms with Crippen LogP contribution in [0, 0.1) is 0 Å². The number of carbonyl (C=O) groups excluding carboxylic acids is 2. The van der Waals surface area contributed by atoms with Gasteiger partial charge in [0.2, 0.25) is 11.1 Å². The van der Waals surface area contributed by atoms with Crippen molar-refractivity contribution in [2.75, 3.05) is 13.7 Å². The van der Waals surface area contributed by atoms with Crippen molar-refractivity contribution in [3.8, 4) is 5.75 Å². The minimum Gasteiger partial charge on any atom is -0.497 e. The summed E-state index contributed by atoms with van der Waals surface area (Å²) in [7, 11) is 1.60. The molecule has 1 aromatic carbocycles. The molecule has 18 heavy (non-hydrogen) atoms. The summed E-state index contributed by atoms with van der Waals surface area (Å²) < 4.78 is 5.03. The van der Waals surface area contributed by atoms with Crippen molar-refractivity contribution >= 4 is 22.8 Å². The molecule has 4 nitrogen and oxygen atoms in total. The third kappa shape index (κ3) is 5.68. The van der Waals surface area contributed by atoms with Crippen molar-refractivity contribution in [3.05, 3.63) is 29.8 Å². The van der Waals surface area contributed by atoms with Crippen molar-refractivity contribution in [3.63, 3.8) is 0 Å². The van der Waals surface area contributed by atoms with E-state index in [0.717, 1.165) is 11.3 Å². The highest BCUT2D eigenvalue weighted by Crippen LogP contribution is 2.11. The predicted molar refractivity (Wildman–Crippen MR) is 69.8 cm³/mol. The molecule has 1 N–H and O–H groups in total. The first kappa shape index (κ1) is 14.5. The fourth-order valence-corrected chi connectivity index (χ4v) is 1.58. The molecular formula is C13H16ClNO3. The molecule has 0 heterocycles. The molecule has 0 aliphatic rings. The minimum absolute atomic E-state index is 0.0674. The van der Waals surface area contributed by atoms with Crippen LogP contribution >= 0.6 is 11.6 Å². The summed E-state index contributed by atoms with van der Waals surface area (Å²) in [5.41, 5.74) is 0.918. The zero-order valence-electron chi connectivity index (χ0n) is 10.2. The first-order valence-electron chi connectivity index (χ1n) is 5.70. The van der Waals surface area contributed by atoms with Gasteiger partial charge in [0.1, 0.15) is 5.75 Å². The van der Waals surface area contributed by atoms with Gasteiger partial charge < -0.3 is 10.1 Å². The number of hydrogen-bond donors (Lipinski definition) is 1. The smallest absolute Gasteiger partial charge is 0.224 e. The lowest BCUT2D eigenvalue weighted by atomic mass is 10.1. The lowest BCUT2D eigenvalue weighted by molar-refractivity contribution is -0.120. The van der Waals surface area contributed by atoms with Gasteiger partial charge in [-0.05, 0) is 35.7 Å². The van der Waals surface area contributed by atoms with Gasteiger partial charge in [-0.3, -0.25) is 9.59 Å². The Morgan fingerprint density at radius 3 is 2.50 bits per heavy atom. The Labute approximate surface area is 111 Å². The summed E-state index contributed by atoms with van der Waals surface area (Å²) in [6.07, 6.45) is 1.17. The van der Waals surface area contributed by atoms with E-state index in [1.807, 2.05) is 24.3 Å². The maximum absolute atomic E-state index is 11.6. The average molecular weight is 270 g/mol. The van der Waals surface area contributed by atoms with Gasteiger partial charge in [0.25, 0.3) is 0 Å². The summed E-state index contributed by atoms with van der Waals surface area (Å²) in [6, 6.07) is 7.32. The van der Waals surface area contributed by atoms with E-state index in [2.05, 4.69) is 5.32 Å². The number of methoxy groups -OCH3 is 1. The molecule has 5 heteroatoms. The van der Waals surface area contributed by atoms with E-state index in [4.69, 9.17) is 16.3 Å². The second-order valence-electron chi connectivity index (χ2n) is 3.83. The van der Waals surface area contributed by atoms with Crippen LogP contribution in [-0.2, 0) is 16.0 Å². The van der Waals surface area contributed by atoms with Gasteiger partial charge in [0.15, 0.2) is 0 Å². The number of hydrogen-bond acceptors (Lipinski definition) is 3. The minimum atomic E-state index is -0.376. The summed E-state index contributed by atoms with van der Waals surface area (Å²) in [5, 5.41) is 2.36. The van der Waals surface area contributed by atoms with E-state index >= 15 is 0 Å². The Morgan fingerprint density at radius 1 is 1.28 bits per heavy atom. The first-order chi connectivity index (χ1) is 8.61. The quantitative estimate of drug-likeness (QED) is 0.608. The van der Waals surface area contributed by atoms with Gasteiger partial charge in [-0.15, -0.1) is 0 Å². The van der Waals surface area contributed by atoms with Gasteiger partial charge in [-0.2, -0.15) is 0 Å². The molecule has 0 radical (unpaired) electrons. The molecular weight excluding hydrogens is 254 g/mol. The molecule has 0 saturated carbocycles. The van der Waals surface area contributed by atoms with Crippen LogP contribution < -0.4 is 10.1 Å². The van der Waals surface area contributed by atoms with Gasteiger partial charge in [0.05, 0.1) is 13.5 Å². The second kappa shape index (κ2) is 7.71. The van der Waals surface area contributed by atoms with E-state index in [9.17, 15) is 9.59 Å². The fraction of sp³-hybridized carbons (Fsp3) is 0.385. The number of nitrogens with one attached hydrogen (secondary N) is 1. The maximum Gasteiger partial charge on any atom is 0.224 e. The van der Waals surface area contributed by atoms with Crippen LogP contribution in [0.5, 0.6) is 5.75 Å². The van der Waals surface area contributed by atoms with Crippen LogP contribution in [0.15, 0.2) is 24.3 Å². The van der Waals surface area contributed by atoms with Crippen molar-refractivity contribution in [1.82, 2.24) is 5.32 Å². The zero-order chi connectivity index (χ0) is 13.4. The predicted octanol–water partition coefficient (Wildman–Crippen LogP) is 1.90. The van der Waals surface area contributed by atoms with Crippen LogP contribution in [0.4, 0.5) is 0 Å². The lowest BCUT2D eigenvalue weighted by Crippen LogP contribution is -2.26. The molecule has 0 bridgehead atoms. The highest BCUT2D eigenvalue weighted by atomic mass is 35.5. The number of ether oxygens (including phenoxy) is 1. The number of rotatable bonds is 7. The highest BCUT2D eigenvalue weighted by Gasteiger charge is 2.03.